The second-order valence-electron chi connectivity index (χ2n) is 4.89. The summed E-state index contributed by atoms with van der Waals surface area (Å²) in [6.07, 6.45) is 1.47. The third-order valence-electron chi connectivity index (χ3n) is 2.97. The van der Waals surface area contributed by atoms with Gasteiger partial charge in [-0.2, -0.15) is 5.10 Å². The molecule has 22 heavy (non-hydrogen) atoms. The normalized spacial score (nSPS) is 11.0. The van der Waals surface area contributed by atoms with Gasteiger partial charge < -0.3 is 10.5 Å². The lowest BCUT2D eigenvalue weighted by molar-refractivity contribution is 0.0992. The number of carbonyl (C=O) groups is 1. The Bertz CT molecular complexity index is 693. The first-order valence-corrected chi connectivity index (χ1v) is 6.82. The van der Waals surface area contributed by atoms with Crippen LogP contribution in [0.4, 0.5) is 8.78 Å². The molecule has 0 aliphatic heterocycles. The second kappa shape index (κ2) is 6.31. The number of halogens is 3. The van der Waals surface area contributed by atoms with Gasteiger partial charge in [0, 0.05) is 18.2 Å². The number of nitrogens with zero attached hydrogens (tertiary/aromatic N) is 2. The average Bonchev–Trinajstić information content (AvgIpc) is 2.76. The first-order chi connectivity index (χ1) is 10.3. The summed E-state index contributed by atoms with van der Waals surface area (Å²) in [6.45, 7) is 3.80. The van der Waals surface area contributed by atoms with Gasteiger partial charge in [0.2, 0.25) is 0 Å². The van der Waals surface area contributed by atoms with Crippen LogP contribution in [-0.2, 0) is 6.61 Å². The summed E-state index contributed by atoms with van der Waals surface area (Å²) in [4.78, 5) is 10.9. The molecule has 1 aromatic heterocycles. The Hall–Kier alpha value is -2.15. The number of carbonyl (C=O) groups excluding carboxylic acids is 1. The number of hydrogen-bond acceptors (Lipinski definition) is 3. The van der Waals surface area contributed by atoms with Gasteiger partial charge in [-0.15, -0.1) is 0 Å². The summed E-state index contributed by atoms with van der Waals surface area (Å²) in [7, 11) is 0. The van der Waals surface area contributed by atoms with Gasteiger partial charge in [0.25, 0.3) is 5.91 Å². The molecule has 118 valence electrons. The Morgan fingerprint density at radius 3 is 2.50 bits per heavy atom. The maximum atomic E-state index is 13.6. The summed E-state index contributed by atoms with van der Waals surface area (Å²) in [5, 5.41) is 4.49. The van der Waals surface area contributed by atoms with Crippen LogP contribution in [0.3, 0.4) is 0 Å². The van der Waals surface area contributed by atoms with E-state index in [1.165, 1.54) is 6.20 Å². The summed E-state index contributed by atoms with van der Waals surface area (Å²) >= 11 is 6.01. The third kappa shape index (κ3) is 3.19. The van der Waals surface area contributed by atoms with E-state index >= 15 is 0 Å². The minimum atomic E-state index is -1.18. The van der Waals surface area contributed by atoms with Crippen molar-refractivity contribution in [1.29, 1.82) is 0 Å². The summed E-state index contributed by atoms with van der Waals surface area (Å²) < 4.78 is 34.3. The van der Waals surface area contributed by atoms with Crippen molar-refractivity contribution in [3.05, 3.63) is 46.2 Å². The molecule has 2 rings (SSSR count). The van der Waals surface area contributed by atoms with Crippen LogP contribution in [0.1, 0.15) is 35.9 Å². The lowest BCUT2D eigenvalue weighted by atomic mass is 10.2. The molecule has 0 atom stereocenters. The fourth-order valence-corrected chi connectivity index (χ4v) is 2.15. The summed E-state index contributed by atoms with van der Waals surface area (Å²) in [5.41, 5.74) is 4.69. The first kappa shape index (κ1) is 16.2. The van der Waals surface area contributed by atoms with E-state index in [2.05, 4.69) is 5.10 Å². The maximum Gasteiger partial charge on any atom is 0.254 e. The molecule has 0 unspecified atom stereocenters. The molecule has 0 bridgehead atoms. The zero-order valence-electron chi connectivity index (χ0n) is 11.9. The molecule has 8 heteroatoms. The molecule has 2 aromatic rings. The van der Waals surface area contributed by atoms with Crippen molar-refractivity contribution < 1.29 is 18.3 Å². The Labute approximate surface area is 130 Å². The fraction of sp³-hybridized carbons (Fsp3) is 0.286. The average molecular weight is 330 g/mol. The van der Waals surface area contributed by atoms with Gasteiger partial charge in [-0.3, -0.25) is 9.48 Å². The van der Waals surface area contributed by atoms with Crippen LogP contribution in [-0.4, -0.2) is 15.7 Å². The highest BCUT2D eigenvalue weighted by Crippen LogP contribution is 2.24. The van der Waals surface area contributed by atoms with Crippen LogP contribution in [0.2, 0.25) is 5.02 Å². The van der Waals surface area contributed by atoms with Crippen LogP contribution in [0.5, 0.6) is 5.75 Å². The molecule has 5 nitrogen and oxygen atoms in total. The largest absolute Gasteiger partial charge is 0.487 e. The van der Waals surface area contributed by atoms with Crippen LogP contribution in [0.25, 0.3) is 0 Å². The van der Waals surface area contributed by atoms with E-state index in [9.17, 15) is 13.6 Å². The van der Waals surface area contributed by atoms with E-state index in [-0.39, 0.29) is 18.4 Å². The van der Waals surface area contributed by atoms with E-state index in [0.29, 0.717) is 10.7 Å². The molecule has 0 fully saturated rings. The van der Waals surface area contributed by atoms with Crippen molar-refractivity contribution in [3.63, 3.8) is 0 Å². The quantitative estimate of drug-likeness (QED) is 0.916. The molecule has 0 radical (unpaired) electrons. The lowest BCUT2D eigenvalue weighted by Gasteiger charge is -2.13. The molecule has 2 N–H and O–H groups in total. The van der Waals surface area contributed by atoms with E-state index in [1.807, 2.05) is 13.8 Å². The lowest BCUT2D eigenvalue weighted by Crippen LogP contribution is -2.16. The number of ether oxygens (including phenoxy) is 1. The predicted molar refractivity (Wildman–Crippen MR) is 76.8 cm³/mol. The standard InChI is InChI=1S/C14H14ClF2N3O2/c1-7(2)20-12(9(15)5-19-20)6-22-8-3-10(16)13(14(18)21)11(17)4-8/h3-5,7H,6H2,1-2H3,(H2,18,21). The van der Waals surface area contributed by atoms with Crippen LogP contribution >= 0.6 is 11.6 Å². The van der Waals surface area contributed by atoms with E-state index in [0.717, 1.165) is 12.1 Å². The number of hydrogen-bond donors (Lipinski definition) is 1. The highest BCUT2D eigenvalue weighted by Gasteiger charge is 2.18. The Morgan fingerprint density at radius 2 is 2.00 bits per heavy atom. The molecule has 1 heterocycles. The van der Waals surface area contributed by atoms with Gasteiger partial charge in [0.15, 0.2) is 0 Å². The van der Waals surface area contributed by atoms with Crippen LogP contribution in [0.15, 0.2) is 18.3 Å². The van der Waals surface area contributed by atoms with Crippen molar-refractivity contribution in [2.75, 3.05) is 0 Å². The van der Waals surface area contributed by atoms with E-state index in [1.54, 1.807) is 4.68 Å². The molecule has 0 saturated heterocycles. The van der Waals surface area contributed by atoms with Crippen molar-refractivity contribution in [3.8, 4) is 5.75 Å². The Morgan fingerprint density at radius 1 is 1.41 bits per heavy atom. The Balaban J connectivity index is 2.23. The van der Waals surface area contributed by atoms with Gasteiger partial charge in [0.05, 0.1) is 16.9 Å². The van der Waals surface area contributed by atoms with E-state index < -0.39 is 23.1 Å². The minimum Gasteiger partial charge on any atom is -0.487 e. The van der Waals surface area contributed by atoms with Crippen LogP contribution in [0, 0.1) is 11.6 Å². The molecule has 0 spiro atoms. The molecule has 0 aliphatic rings. The molecule has 0 saturated carbocycles. The van der Waals surface area contributed by atoms with Gasteiger partial charge in [-0.05, 0) is 13.8 Å². The van der Waals surface area contributed by atoms with Crippen LogP contribution < -0.4 is 10.5 Å². The smallest absolute Gasteiger partial charge is 0.254 e. The SMILES string of the molecule is CC(C)n1ncc(Cl)c1COc1cc(F)c(C(N)=O)c(F)c1. The monoisotopic (exact) mass is 329 g/mol. The van der Waals surface area contributed by atoms with Gasteiger partial charge in [-0.1, -0.05) is 11.6 Å². The Kier molecular flexibility index (Phi) is 4.65. The highest BCUT2D eigenvalue weighted by atomic mass is 35.5. The van der Waals surface area contributed by atoms with E-state index in [4.69, 9.17) is 22.1 Å². The van der Waals surface area contributed by atoms with Crippen molar-refractivity contribution in [2.24, 2.45) is 5.73 Å². The fourth-order valence-electron chi connectivity index (χ4n) is 1.97. The highest BCUT2D eigenvalue weighted by molar-refractivity contribution is 6.31. The van der Waals surface area contributed by atoms with Gasteiger partial charge in [-0.25, -0.2) is 8.78 Å². The number of rotatable bonds is 5. The summed E-state index contributed by atoms with van der Waals surface area (Å²) in [6, 6.07) is 1.84. The van der Waals surface area contributed by atoms with Crippen molar-refractivity contribution in [1.82, 2.24) is 9.78 Å². The molecule has 1 amide bonds. The first-order valence-electron chi connectivity index (χ1n) is 6.44. The predicted octanol–water partition coefficient (Wildman–Crippen LogP) is 3.07. The van der Waals surface area contributed by atoms with Crippen molar-refractivity contribution in [2.45, 2.75) is 26.5 Å². The third-order valence-corrected chi connectivity index (χ3v) is 3.29. The molecular formula is C14H14ClF2N3O2. The second-order valence-corrected chi connectivity index (χ2v) is 5.30. The molecule has 0 aliphatic carbocycles. The molecular weight excluding hydrogens is 316 g/mol. The number of aromatic nitrogens is 2. The number of nitrogens with two attached hydrogens (primary N) is 1. The van der Waals surface area contributed by atoms with Gasteiger partial charge in [0.1, 0.15) is 29.6 Å². The number of amides is 1. The number of primary amides is 1. The zero-order chi connectivity index (χ0) is 16.4. The summed E-state index contributed by atoms with van der Waals surface area (Å²) in [5.74, 6) is -3.41. The number of benzene rings is 1. The van der Waals surface area contributed by atoms with Gasteiger partial charge >= 0.3 is 0 Å². The topological polar surface area (TPSA) is 70.1 Å². The maximum absolute atomic E-state index is 13.6. The van der Waals surface area contributed by atoms with Crippen molar-refractivity contribution >= 4 is 17.5 Å². The molecule has 1 aromatic carbocycles. The minimum absolute atomic E-state index is 0.0220. The zero-order valence-corrected chi connectivity index (χ0v) is 12.7.